The van der Waals surface area contributed by atoms with Crippen LogP contribution in [0.1, 0.15) is 36.3 Å². The Kier molecular flexibility index (Phi) is 6.54. The van der Waals surface area contributed by atoms with E-state index in [2.05, 4.69) is 34.9 Å². The van der Waals surface area contributed by atoms with E-state index >= 15 is 0 Å². The Morgan fingerprint density at radius 1 is 1.00 bits per heavy atom. The number of fused-ring (bicyclic) bond motifs is 3. The van der Waals surface area contributed by atoms with E-state index in [4.69, 9.17) is 9.84 Å². The fraction of sp³-hybridized carbons (Fsp3) is 0.320. The van der Waals surface area contributed by atoms with Gasteiger partial charge < -0.3 is 20.5 Å². The third-order valence-corrected chi connectivity index (χ3v) is 5.99. The van der Waals surface area contributed by atoms with Crippen LogP contribution in [0.2, 0.25) is 0 Å². The van der Waals surface area contributed by atoms with Crippen LogP contribution < -0.4 is 10.6 Å². The molecule has 0 spiro atoms. The van der Waals surface area contributed by atoms with E-state index in [9.17, 15) is 14.4 Å². The van der Waals surface area contributed by atoms with E-state index in [-0.39, 0.29) is 37.4 Å². The van der Waals surface area contributed by atoms with Gasteiger partial charge >= 0.3 is 12.1 Å². The second-order valence-electron chi connectivity index (χ2n) is 8.11. The highest BCUT2D eigenvalue weighted by Crippen LogP contribution is 2.44. The first-order valence-corrected chi connectivity index (χ1v) is 10.8. The van der Waals surface area contributed by atoms with Gasteiger partial charge in [0.25, 0.3) is 0 Å². The first-order valence-electron chi connectivity index (χ1n) is 10.8. The number of carbonyl (C=O) groups excluding carboxylic acids is 2. The van der Waals surface area contributed by atoms with Crippen LogP contribution in [0.5, 0.6) is 0 Å². The lowest BCUT2D eigenvalue weighted by Crippen LogP contribution is -2.39. The minimum absolute atomic E-state index is 0.0169. The molecule has 2 aromatic rings. The average Bonchev–Trinajstić information content (AvgIpc) is 3.11. The van der Waals surface area contributed by atoms with Crippen LogP contribution in [-0.4, -0.2) is 42.3 Å². The molecule has 3 N–H and O–H groups in total. The van der Waals surface area contributed by atoms with E-state index in [0.29, 0.717) is 12.8 Å². The van der Waals surface area contributed by atoms with E-state index in [1.165, 1.54) is 0 Å². The van der Waals surface area contributed by atoms with Gasteiger partial charge in [-0.05, 0) is 35.1 Å². The van der Waals surface area contributed by atoms with Crippen LogP contribution in [0.25, 0.3) is 11.1 Å². The number of alkyl carbamates (subject to hydrolysis) is 1. The Bertz CT molecular complexity index is 1000. The maximum Gasteiger partial charge on any atom is 0.407 e. The van der Waals surface area contributed by atoms with Gasteiger partial charge in [0.1, 0.15) is 6.61 Å². The molecule has 0 unspecified atom stereocenters. The predicted octanol–water partition coefficient (Wildman–Crippen LogP) is 3.45. The second kappa shape index (κ2) is 9.68. The number of amides is 2. The first kappa shape index (κ1) is 21.6. The van der Waals surface area contributed by atoms with Gasteiger partial charge in [0.15, 0.2) is 0 Å². The summed E-state index contributed by atoms with van der Waals surface area (Å²) in [5.41, 5.74) is 4.61. The first-order chi connectivity index (χ1) is 15.5. The molecule has 7 nitrogen and oxygen atoms in total. The average molecular weight is 434 g/mol. The molecule has 2 aliphatic rings. The number of ether oxygens (including phenoxy) is 1. The molecule has 166 valence electrons. The van der Waals surface area contributed by atoms with Gasteiger partial charge in [-0.1, -0.05) is 60.7 Å². The lowest BCUT2D eigenvalue weighted by Gasteiger charge is -2.22. The maximum atomic E-state index is 12.2. The molecule has 2 aromatic carbocycles. The zero-order valence-electron chi connectivity index (χ0n) is 17.6. The third kappa shape index (κ3) is 4.82. The van der Waals surface area contributed by atoms with E-state index in [0.717, 1.165) is 22.3 Å². The normalized spacial score (nSPS) is 19.0. The molecular formula is C25H26N2O5. The second-order valence-corrected chi connectivity index (χ2v) is 8.11. The summed E-state index contributed by atoms with van der Waals surface area (Å²) < 4.78 is 5.45. The minimum atomic E-state index is -0.856. The van der Waals surface area contributed by atoms with Crippen LogP contribution in [0, 0.1) is 5.92 Å². The van der Waals surface area contributed by atoms with Gasteiger partial charge in [-0.2, -0.15) is 0 Å². The fourth-order valence-electron chi connectivity index (χ4n) is 4.40. The van der Waals surface area contributed by atoms with Crippen molar-refractivity contribution in [2.45, 2.75) is 31.2 Å². The van der Waals surface area contributed by atoms with Crippen molar-refractivity contribution < 1.29 is 24.2 Å². The summed E-state index contributed by atoms with van der Waals surface area (Å²) in [6.07, 6.45) is 3.97. The van der Waals surface area contributed by atoms with Crippen molar-refractivity contribution in [3.8, 4) is 11.1 Å². The smallest absolute Gasteiger partial charge is 0.407 e. The summed E-state index contributed by atoms with van der Waals surface area (Å²) in [5, 5.41) is 14.5. The zero-order valence-corrected chi connectivity index (χ0v) is 17.6. The molecule has 0 bridgehead atoms. The lowest BCUT2D eigenvalue weighted by atomic mass is 9.91. The van der Waals surface area contributed by atoms with Crippen molar-refractivity contribution >= 4 is 18.0 Å². The summed E-state index contributed by atoms with van der Waals surface area (Å²) in [7, 11) is 0. The fourth-order valence-corrected chi connectivity index (χ4v) is 4.40. The van der Waals surface area contributed by atoms with Crippen molar-refractivity contribution in [1.82, 2.24) is 10.6 Å². The Labute approximate surface area is 186 Å². The molecule has 0 aliphatic heterocycles. The molecule has 2 atom stereocenters. The van der Waals surface area contributed by atoms with Crippen molar-refractivity contribution in [3.05, 3.63) is 71.8 Å². The Morgan fingerprint density at radius 3 is 2.31 bits per heavy atom. The molecule has 0 fully saturated rings. The van der Waals surface area contributed by atoms with Crippen LogP contribution in [0.4, 0.5) is 4.79 Å². The molecular weight excluding hydrogens is 408 g/mol. The van der Waals surface area contributed by atoms with E-state index in [1.807, 2.05) is 30.3 Å². The molecule has 0 saturated heterocycles. The number of allylic oxidation sites excluding steroid dienone is 1. The number of carbonyl (C=O) groups is 3. The number of hydrogen-bond acceptors (Lipinski definition) is 4. The molecule has 32 heavy (non-hydrogen) atoms. The number of hydrogen-bond donors (Lipinski definition) is 3. The molecule has 2 aliphatic carbocycles. The maximum absolute atomic E-state index is 12.2. The monoisotopic (exact) mass is 434 g/mol. The molecule has 2 amide bonds. The van der Waals surface area contributed by atoms with Crippen LogP contribution in [-0.2, 0) is 14.3 Å². The van der Waals surface area contributed by atoms with Crippen LogP contribution in [0.3, 0.4) is 0 Å². The highest BCUT2D eigenvalue weighted by atomic mass is 16.5. The van der Waals surface area contributed by atoms with E-state index < -0.39 is 18.0 Å². The van der Waals surface area contributed by atoms with Crippen molar-refractivity contribution in [2.24, 2.45) is 5.92 Å². The van der Waals surface area contributed by atoms with Crippen molar-refractivity contribution in [3.63, 3.8) is 0 Å². The number of rotatable bonds is 7. The van der Waals surface area contributed by atoms with Gasteiger partial charge in [0.05, 0.1) is 5.92 Å². The summed E-state index contributed by atoms with van der Waals surface area (Å²) >= 11 is 0. The van der Waals surface area contributed by atoms with E-state index in [1.54, 1.807) is 6.08 Å². The van der Waals surface area contributed by atoms with Gasteiger partial charge in [-0.15, -0.1) is 0 Å². The number of benzene rings is 2. The summed E-state index contributed by atoms with van der Waals surface area (Å²) in [6.45, 7) is 0.358. The highest BCUT2D eigenvalue weighted by Gasteiger charge is 2.29. The number of carboxylic acids is 1. The van der Waals surface area contributed by atoms with Gasteiger partial charge in [0.2, 0.25) is 5.91 Å². The third-order valence-electron chi connectivity index (χ3n) is 5.99. The van der Waals surface area contributed by atoms with Crippen LogP contribution >= 0.6 is 0 Å². The molecule has 7 heteroatoms. The standard InChI is InChI=1S/C25H26N2O5/c28-23(27-17-7-5-6-16(14-17)24(29)30)12-13-26-25(31)32-15-22-20-10-3-1-8-18(20)19-9-2-4-11-21(19)22/h1-5,7-11,16-17,22H,6,12-15H2,(H,26,31)(H,27,28)(H,29,30)/t16-,17-/m1/s1. The van der Waals surface area contributed by atoms with Crippen molar-refractivity contribution in [1.29, 1.82) is 0 Å². The SMILES string of the molecule is O=C(CCNC(=O)OCC1c2ccccc2-c2ccccc21)N[C@@H]1C=CC[C@@H](C(=O)O)C1. The topological polar surface area (TPSA) is 105 Å². The molecule has 0 saturated carbocycles. The highest BCUT2D eigenvalue weighted by molar-refractivity contribution is 5.79. The Balaban J connectivity index is 1.22. The predicted molar refractivity (Wildman–Crippen MR) is 119 cm³/mol. The van der Waals surface area contributed by atoms with Crippen LogP contribution in [0.15, 0.2) is 60.7 Å². The summed E-state index contributed by atoms with van der Waals surface area (Å²) in [5.74, 6) is -1.60. The quantitative estimate of drug-likeness (QED) is 0.579. The summed E-state index contributed by atoms with van der Waals surface area (Å²) in [4.78, 5) is 35.4. The zero-order chi connectivity index (χ0) is 22.5. The van der Waals surface area contributed by atoms with Gasteiger partial charge in [-0.25, -0.2) is 4.79 Å². The molecule has 0 aromatic heterocycles. The Morgan fingerprint density at radius 2 is 1.66 bits per heavy atom. The largest absolute Gasteiger partial charge is 0.481 e. The number of carboxylic acid groups (broad SMARTS) is 1. The molecule has 4 rings (SSSR count). The minimum Gasteiger partial charge on any atom is -0.481 e. The molecule has 0 heterocycles. The molecule has 0 radical (unpaired) electrons. The Hall–Kier alpha value is -3.61. The lowest BCUT2D eigenvalue weighted by molar-refractivity contribution is -0.142. The number of aliphatic carboxylic acids is 1. The van der Waals surface area contributed by atoms with Crippen molar-refractivity contribution in [2.75, 3.05) is 13.2 Å². The van der Waals surface area contributed by atoms with Gasteiger partial charge in [0, 0.05) is 24.9 Å². The van der Waals surface area contributed by atoms with Gasteiger partial charge in [-0.3, -0.25) is 9.59 Å². The number of nitrogens with one attached hydrogen (secondary N) is 2. The summed E-state index contributed by atoms with van der Waals surface area (Å²) in [6, 6.07) is 15.9.